The molecular weight excluding hydrogens is 306 g/mol. The number of aryl methyl sites for hydroxylation is 1. The molecule has 1 aliphatic heterocycles. The fourth-order valence-corrected chi connectivity index (χ4v) is 2.76. The van der Waals surface area contributed by atoms with E-state index in [4.69, 9.17) is 4.74 Å². The number of hydrogen-bond donors (Lipinski definition) is 0. The molecule has 1 atom stereocenters. The number of benzene rings is 1. The van der Waals surface area contributed by atoms with Crippen LogP contribution in [0.2, 0.25) is 0 Å². The standard InChI is InChI=1S/C15H20BrNO2/c1-19-11-13-8-9-17(10-13)15(18)7-4-12-2-5-14(16)6-3-12/h2-3,5-6,13H,4,7-11H2,1H3/t13-/m1/s1. The van der Waals surface area contributed by atoms with Crippen molar-refractivity contribution in [3.63, 3.8) is 0 Å². The first-order valence-corrected chi connectivity index (χ1v) is 7.49. The van der Waals surface area contributed by atoms with Crippen LogP contribution in [0.15, 0.2) is 28.7 Å². The maximum Gasteiger partial charge on any atom is 0.222 e. The van der Waals surface area contributed by atoms with E-state index < -0.39 is 0 Å². The molecule has 1 fully saturated rings. The lowest BCUT2D eigenvalue weighted by Gasteiger charge is -2.16. The van der Waals surface area contributed by atoms with Crippen LogP contribution < -0.4 is 0 Å². The number of likely N-dealkylation sites (tertiary alicyclic amines) is 1. The zero-order valence-electron chi connectivity index (χ0n) is 11.3. The van der Waals surface area contributed by atoms with Crippen LogP contribution in [0.4, 0.5) is 0 Å². The summed E-state index contributed by atoms with van der Waals surface area (Å²) in [6.07, 6.45) is 2.48. The van der Waals surface area contributed by atoms with Gasteiger partial charge in [-0.15, -0.1) is 0 Å². The minimum atomic E-state index is 0.265. The Labute approximate surface area is 123 Å². The number of methoxy groups -OCH3 is 1. The zero-order chi connectivity index (χ0) is 13.7. The number of halogens is 1. The van der Waals surface area contributed by atoms with Gasteiger partial charge >= 0.3 is 0 Å². The number of carbonyl (C=O) groups is 1. The predicted molar refractivity (Wildman–Crippen MR) is 79.0 cm³/mol. The van der Waals surface area contributed by atoms with Crippen LogP contribution in [0.25, 0.3) is 0 Å². The van der Waals surface area contributed by atoms with Gasteiger partial charge in [0.2, 0.25) is 5.91 Å². The van der Waals surface area contributed by atoms with Gasteiger partial charge in [0.15, 0.2) is 0 Å². The van der Waals surface area contributed by atoms with E-state index in [9.17, 15) is 4.79 Å². The first kappa shape index (κ1) is 14.5. The number of ether oxygens (including phenoxy) is 1. The predicted octanol–water partition coefficient (Wildman–Crippen LogP) is 2.88. The lowest BCUT2D eigenvalue weighted by Crippen LogP contribution is -2.29. The van der Waals surface area contributed by atoms with Crippen LogP contribution in [0.1, 0.15) is 18.4 Å². The van der Waals surface area contributed by atoms with Crippen molar-refractivity contribution in [1.29, 1.82) is 0 Å². The van der Waals surface area contributed by atoms with Gasteiger partial charge in [-0.3, -0.25) is 4.79 Å². The minimum absolute atomic E-state index is 0.265. The van der Waals surface area contributed by atoms with Crippen LogP contribution in [-0.2, 0) is 16.0 Å². The third-order valence-electron chi connectivity index (χ3n) is 3.58. The van der Waals surface area contributed by atoms with Gasteiger partial charge in [0, 0.05) is 37.0 Å². The Balaban J connectivity index is 1.77. The number of nitrogens with zero attached hydrogens (tertiary/aromatic N) is 1. The van der Waals surface area contributed by atoms with Crippen LogP contribution in [-0.4, -0.2) is 37.6 Å². The molecule has 2 rings (SSSR count). The summed E-state index contributed by atoms with van der Waals surface area (Å²) in [7, 11) is 1.72. The Morgan fingerprint density at radius 1 is 1.42 bits per heavy atom. The fraction of sp³-hybridized carbons (Fsp3) is 0.533. The molecule has 1 aliphatic rings. The van der Waals surface area contributed by atoms with E-state index in [1.165, 1.54) is 5.56 Å². The zero-order valence-corrected chi connectivity index (χ0v) is 12.9. The van der Waals surface area contributed by atoms with E-state index in [0.29, 0.717) is 12.3 Å². The van der Waals surface area contributed by atoms with E-state index in [2.05, 4.69) is 28.1 Å². The molecule has 0 bridgehead atoms. The van der Waals surface area contributed by atoms with Crippen LogP contribution in [0.5, 0.6) is 0 Å². The lowest BCUT2D eigenvalue weighted by molar-refractivity contribution is -0.130. The largest absolute Gasteiger partial charge is 0.384 e. The van der Waals surface area contributed by atoms with Crippen molar-refractivity contribution >= 4 is 21.8 Å². The maximum absolute atomic E-state index is 12.1. The number of amides is 1. The minimum Gasteiger partial charge on any atom is -0.384 e. The fourth-order valence-electron chi connectivity index (χ4n) is 2.49. The van der Waals surface area contributed by atoms with Gasteiger partial charge in [-0.1, -0.05) is 28.1 Å². The number of carbonyl (C=O) groups excluding carboxylic acids is 1. The SMILES string of the molecule is COC[C@@H]1CCN(C(=O)CCc2ccc(Br)cc2)C1. The van der Waals surface area contributed by atoms with Crippen molar-refractivity contribution in [2.24, 2.45) is 5.92 Å². The quantitative estimate of drug-likeness (QED) is 0.833. The summed E-state index contributed by atoms with van der Waals surface area (Å²) in [4.78, 5) is 14.1. The number of hydrogen-bond acceptors (Lipinski definition) is 2. The third-order valence-corrected chi connectivity index (χ3v) is 4.11. The van der Waals surface area contributed by atoms with Crippen molar-refractivity contribution in [1.82, 2.24) is 4.90 Å². The Bertz CT molecular complexity index is 419. The Hall–Kier alpha value is -0.870. The summed E-state index contributed by atoms with van der Waals surface area (Å²) in [5.41, 5.74) is 1.21. The van der Waals surface area contributed by atoms with E-state index in [1.807, 2.05) is 17.0 Å². The molecule has 1 aromatic carbocycles. The van der Waals surface area contributed by atoms with Gasteiger partial charge in [0.1, 0.15) is 0 Å². The average Bonchev–Trinajstić information content (AvgIpc) is 2.87. The summed E-state index contributed by atoms with van der Waals surface area (Å²) in [6.45, 7) is 2.50. The maximum atomic E-state index is 12.1. The van der Waals surface area contributed by atoms with Gasteiger partial charge < -0.3 is 9.64 Å². The lowest BCUT2D eigenvalue weighted by atomic mass is 10.1. The van der Waals surface area contributed by atoms with Crippen LogP contribution in [0, 0.1) is 5.92 Å². The third kappa shape index (κ3) is 4.32. The van der Waals surface area contributed by atoms with Gasteiger partial charge in [-0.25, -0.2) is 0 Å². The molecule has 1 amide bonds. The summed E-state index contributed by atoms with van der Waals surface area (Å²) >= 11 is 3.41. The van der Waals surface area contributed by atoms with Crippen molar-refractivity contribution in [2.75, 3.05) is 26.8 Å². The summed E-state index contributed by atoms with van der Waals surface area (Å²) in [5.74, 6) is 0.781. The van der Waals surface area contributed by atoms with Gasteiger partial charge in [-0.2, -0.15) is 0 Å². The van der Waals surface area contributed by atoms with E-state index in [1.54, 1.807) is 7.11 Å². The Morgan fingerprint density at radius 3 is 2.84 bits per heavy atom. The highest BCUT2D eigenvalue weighted by atomic mass is 79.9. The van der Waals surface area contributed by atoms with E-state index >= 15 is 0 Å². The second-order valence-electron chi connectivity index (χ2n) is 5.08. The van der Waals surface area contributed by atoms with Crippen molar-refractivity contribution < 1.29 is 9.53 Å². The molecule has 0 unspecified atom stereocenters. The molecule has 0 saturated carbocycles. The molecular formula is C15H20BrNO2. The molecule has 104 valence electrons. The smallest absolute Gasteiger partial charge is 0.222 e. The summed E-state index contributed by atoms with van der Waals surface area (Å²) in [5, 5.41) is 0. The molecule has 1 heterocycles. The average molecular weight is 326 g/mol. The van der Waals surface area contributed by atoms with Crippen LogP contribution >= 0.6 is 15.9 Å². The molecule has 0 aromatic heterocycles. The van der Waals surface area contributed by atoms with Crippen molar-refractivity contribution in [2.45, 2.75) is 19.3 Å². The molecule has 4 heteroatoms. The molecule has 3 nitrogen and oxygen atoms in total. The highest BCUT2D eigenvalue weighted by Gasteiger charge is 2.25. The second-order valence-corrected chi connectivity index (χ2v) is 5.99. The molecule has 19 heavy (non-hydrogen) atoms. The van der Waals surface area contributed by atoms with Gasteiger partial charge in [0.05, 0.1) is 6.61 Å². The van der Waals surface area contributed by atoms with Crippen LogP contribution in [0.3, 0.4) is 0 Å². The van der Waals surface area contributed by atoms with Gasteiger partial charge in [-0.05, 0) is 30.5 Å². The van der Waals surface area contributed by atoms with E-state index in [-0.39, 0.29) is 5.91 Å². The molecule has 1 saturated heterocycles. The topological polar surface area (TPSA) is 29.5 Å². The normalized spacial score (nSPS) is 18.8. The summed E-state index contributed by atoms with van der Waals surface area (Å²) in [6, 6.07) is 8.17. The van der Waals surface area contributed by atoms with Crippen molar-refractivity contribution in [3.05, 3.63) is 34.3 Å². The first-order valence-electron chi connectivity index (χ1n) is 6.70. The Kier molecular flexibility index (Phi) is 5.40. The molecule has 0 spiro atoms. The molecule has 0 N–H and O–H groups in total. The number of rotatable bonds is 5. The summed E-state index contributed by atoms with van der Waals surface area (Å²) < 4.78 is 6.23. The van der Waals surface area contributed by atoms with Gasteiger partial charge in [0.25, 0.3) is 0 Å². The Morgan fingerprint density at radius 2 is 2.16 bits per heavy atom. The highest BCUT2D eigenvalue weighted by molar-refractivity contribution is 9.10. The van der Waals surface area contributed by atoms with E-state index in [0.717, 1.165) is 37.0 Å². The molecule has 1 aromatic rings. The monoisotopic (exact) mass is 325 g/mol. The molecule has 0 aliphatic carbocycles. The second kappa shape index (κ2) is 7.06. The van der Waals surface area contributed by atoms with Crippen molar-refractivity contribution in [3.8, 4) is 0 Å². The highest BCUT2D eigenvalue weighted by Crippen LogP contribution is 2.18. The first-order chi connectivity index (χ1) is 9.19. The molecule has 0 radical (unpaired) electrons.